The van der Waals surface area contributed by atoms with E-state index in [0.717, 1.165) is 56.1 Å². The van der Waals surface area contributed by atoms with Crippen molar-refractivity contribution in [2.75, 3.05) is 18.0 Å². The van der Waals surface area contributed by atoms with Crippen LogP contribution in [-0.4, -0.2) is 30.0 Å². The number of halogens is 2. The topological polar surface area (TPSA) is 18.8 Å². The van der Waals surface area contributed by atoms with Crippen LogP contribution in [0.15, 0.2) is 66.2 Å². The van der Waals surface area contributed by atoms with Crippen molar-refractivity contribution in [2.45, 2.75) is 38.6 Å². The Morgan fingerprint density at radius 3 is 2.50 bits per heavy atom. The molecule has 0 radical (unpaired) electrons. The summed E-state index contributed by atoms with van der Waals surface area (Å²) < 4.78 is 0. The Morgan fingerprint density at radius 1 is 1.11 bits per heavy atom. The van der Waals surface area contributed by atoms with Crippen molar-refractivity contribution in [1.82, 2.24) is 4.90 Å². The van der Waals surface area contributed by atoms with Crippen LogP contribution in [0.2, 0.25) is 10.0 Å². The molecular weight excluding hydrogens is 389 g/mol. The molecule has 1 atom stereocenters. The summed E-state index contributed by atoms with van der Waals surface area (Å²) in [5, 5.41) is 1.35. The van der Waals surface area contributed by atoms with Crippen LogP contribution >= 0.6 is 23.2 Å². The molecule has 3 nitrogen and oxygen atoms in total. The molecular formula is C23H27Cl2N3. The minimum atomic E-state index is 0.118. The van der Waals surface area contributed by atoms with Gasteiger partial charge < -0.3 is 9.80 Å². The molecule has 0 N–H and O–H groups in total. The van der Waals surface area contributed by atoms with E-state index < -0.39 is 0 Å². The van der Waals surface area contributed by atoms with Gasteiger partial charge in [0.2, 0.25) is 5.96 Å². The molecule has 0 spiro atoms. The number of anilines is 1. The third-order valence-corrected chi connectivity index (χ3v) is 5.64. The van der Waals surface area contributed by atoms with E-state index in [1.165, 1.54) is 0 Å². The third-order valence-electron chi connectivity index (χ3n) is 5.00. The zero-order valence-electron chi connectivity index (χ0n) is 16.3. The second kappa shape index (κ2) is 9.99. The SMILES string of the molecule is C=CC1CCCN(CCCC)C(=Nc2ccccc2Cl)N1c1ccccc1Cl. The maximum absolute atomic E-state index is 6.61. The Bertz CT molecular complexity index is 834. The van der Waals surface area contributed by atoms with Crippen molar-refractivity contribution >= 4 is 40.5 Å². The number of benzene rings is 2. The van der Waals surface area contributed by atoms with Crippen LogP contribution in [0.4, 0.5) is 11.4 Å². The van der Waals surface area contributed by atoms with Gasteiger partial charge in [-0.1, -0.05) is 66.9 Å². The molecule has 3 rings (SSSR count). The number of guanidine groups is 1. The summed E-state index contributed by atoms with van der Waals surface area (Å²) in [6.07, 6.45) is 6.31. The maximum atomic E-state index is 6.61. The largest absolute Gasteiger partial charge is 0.342 e. The quantitative estimate of drug-likeness (QED) is 0.475. The van der Waals surface area contributed by atoms with Gasteiger partial charge in [0.05, 0.1) is 27.5 Å². The summed E-state index contributed by atoms with van der Waals surface area (Å²) in [6.45, 7) is 8.20. The number of aliphatic imine (C=N–C) groups is 1. The molecule has 0 amide bonds. The molecule has 1 aliphatic rings. The molecule has 1 fully saturated rings. The molecule has 0 bridgehead atoms. The first-order valence-electron chi connectivity index (χ1n) is 9.90. The second-order valence-corrected chi connectivity index (χ2v) is 7.78. The first-order chi connectivity index (χ1) is 13.7. The second-order valence-electron chi connectivity index (χ2n) is 6.97. The van der Waals surface area contributed by atoms with Crippen LogP contribution in [0.1, 0.15) is 32.6 Å². The van der Waals surface area contributed by atoms with Gasteiger partial charge in [-0.25, -0.2) is 4.99 Å². The first-order valence-corrected chi connectivity index (χ1v) is 10.7. The van der Waals surface area contributed by atoms with Crippen molar-refractivity contribution in [2.24, 2.45) is 4.99 Å². The molecule has 28 heavy (non-hydrogen) atoms. The van der Waals surface area contributed by atoms with E-state index in [-0.39, 0.29) is 6.04 Å². The molecule has 2 aromatic carbocycles. The number of para-hydroxylation sites is 2. The Hall–Kier alpha value is -1.97. The van der Waals surface area contributed by atoms with Crippen LogP contribution in [0, 0.1) is 0 Å². The van der Waals surface area contributed by atoms with Gasteiger partial charge in [0, 0.05) is 13.1 Å². The highest BCUT2D eigenvalue weighted by atomic mass is 35.5. The standard InChI is InChI=1S/C23H27Cl2N3/c1-3-5-16-27-17-10-11-18(4-2)28(22-15-9-7-13-20(22)25)23(27)26-21-14-8-6-12-19(21)24/h4,6-9,12-15,18H,2-3,5,10-11,16-17H2,1H3. The van der Waals surface area contributed by atoms with Crippen molar-refractivity contribution in [3.8, 4) is 0 Å². The van der Waals surface area contributed by atoms with Gasteiger partial charge >= 0.3 is 0 Å². The van der Waals surface area contributed by atoms with Crippen LogP contribution in [0.3, 0.4) is 0 Å². The van der Waals surface area contributed by atoms with Gasteiger partial charge in [-0.3, -0.25) is 0 Å². The molecule has 2 aromatic rings. The molecule has 1 unspecified atom stereocenters. The van der Waals surface area contributed by atoms with E-state index in [2.05, 4.69) is 23.3 Å². The van der Waals surface area contributed by atoms with Gasteiger partial charge in [-0.05, 0) is 43.5 Å². The summed E-state index contributed by atoms with van der Waals surface area (Å²) in [5.41, 5.74) is 1.71. The molecule has 0 aliphatic carbocycles. The maximum Gasteiger partial charge on any atom is 0.207 e. The van der Waals surface area contributed by atoms with Gasteiger partial charge in [-0.2, -0.15) is 0 Å². The fourth-order valence-corrected chi connectivity index (χ4v) is 3.92. The fraction of sp³-hybridized carbons (Fsp3) is 0.348. The normalized spacial score (nSPS) is 19.0. The van der Waals surface area contributed by atoms with E-state index in [1.54, 1.807) is 0 Å². The molecule has 1 heterocycles. The molecule has 0 saturated carbocycles. The van der Waals surface area contributed by atoms with Crippen molar-refractivity contribution in [3.63, 3.8) is 0 Å². The predicted octanol–water partition coefficient (Wildman–Crippen LogP) is 6.94. The minimum absolute atomic E-state index is 0.118. The van der Waals surface area contributed by atoms with Gasteiger partial charge in [-0.15, -0.1) is 6.58 Å². The summed E-state index contributed by atoms with van der Waals surface area (Å²) in [4.78, 5) is 9.62. The summed E-state index contributed by atoms with van der Waals surface area (Å²) >= 11 is 13.1. The third kappa shape index (κ3) is 4.71. The average Bonchev–Trinajstić information content (AvgIpc) is 2.87. The number of hydrogen-bond donors (Lipinski definition) is 0. The highest BCUT2D eigenvalue weighted by Gasteiger charge is 2.30. The minimum Gasteiger partial charge on any atom is -0.342 e. The zero-order chi connectivity index (χ0) is 19.9. The highest BCUT2D eigenvalue weighted by molar-refractivity contribution is 6.34. The average molecular weight is 416 g/mol. The Kier molecular flexibility index (Phi) is 7.41. The first kappa shape index (κ1) is 20.8. The summed E-state index contributed by atoms with van der Waals surface area (Å²) in [7, 11) is 0. The van der Waals surface area contributed by atoms with Gasteiger partial charge in [0.25, 0.3) is 0 Å². The van der Waals surface area contributed by atoms with E-state index in [1.807, 2.05) is 54.6 Å². The number of unbranched alkanes of at least 4 members (excludes halogenated alkanes) is 1. The van der Waals surface area contributed by atoms with Crippen LogP contribution in [0.5, 0.6) is 0 Å². The smallest absolute Gasteiger partial charge is 0.207 e. The van der Waals surface area contributed by atoms with Gasteiger partial charge in [0.1, 0.15) is 0 Å². The Labute approximate surface area is 178 Å². The van der Waals surface area contributed by atoms with Crippen LogP contribution in [-0.2, 0) is 0 Å². The molecule has 148 valence electrons. The Morgan fingerprint density at radius 2 is 1.82 bits per heavy atom. The van der Waals surface area contributed by atoms with Crippen LogP contribution < -0.4 is 4.90 Å². The van der Waals surface area contributed by atoms with E-state index >= 15 is 0 Å². The van der Waals surface area contributed by atoms with E-state index in [0.29, 0.717) is 10.0 Å². The number of nitrogens with zero attached hydrogens (tertiary/aromatic N) is 3. The lowest BCUT2D eigenvalue weighted by Crippen LogP contribution is -2.47. The highest BCUT2D eigenvalue weighted by Crippen LogP contribution is 2.33. The zero-order valence-corrected chi connectivity index (χ0v) is 17.8. The monoisotopic (exact) mass is 415 g/mol. The fourth-order valence-electron chi connectivity index (χ4n) is 3.51. The Balaban J connectivity index is 2.16. The number of rotatable bonds is 6. The van der Waals surface area contributed by atoms with E-state index in [4.69, 9.17) is 28.2 Å². The van der Waals surface area contributed by atoms with Crippen molar-refractivity contribution in [3.05, 3.63) is 71.2 Å². The van der Waals surface area contributed by atoms with E-state index in [9.17, 15) is 0 Å². The van der Waals surface area contributed by atoms with Crippen molar-refractivity contribution < 1.29 is 0 Å². The molecule has 5 heteroatoms. The van der Waals surface area contributed by atoms with Crippen LogP contribution in [0.25, 0.3) is 0 Å². The lowest BCUT2D eigenvalue weighted by Gasteiger charge is -2.35. The molecule has 0 aromatic heterocycles. The lowest BCUT2D eigenvalue weighted by molar-refractivity contribution is 0.404. The lowest BCUT2D eigenvalue weighted by atomic mass is 10.1. The molecule has 1 aliphatic heterocycles. The van der Waals surface area contributed by atoms with Crippen molar-refractivity contribution in [1.29, 1.82) is 0 Å². The molecule has 1 saturated heterocycles. The van der Waals surface area contributed by atoms with Gasteiger partial charge in [0.15, 0.2) is 0 Å². The summed E-state index contributed by atoms with van der Waals surface area (Å²) in [6, 6.07) is 15.8. The number of hydrogen-bond acceptors (Lipinski definition) is 1. The summed E-state index contributed by atoms with van der Waals surface area (Å²) in [5.74, 6) is 0.886. The predicted molar refractivity (Wildman–Crippen MR) is 122 cm³/mol.